The number of hydrogen-bond donors (Lipinski definition) is 0. The van der Waals surface area contributed by atoms with Crippen LogP contribution in [0.15, 0.2) is 89.1 Å². The van der Waals surface area contributed by atoms with Gasteiger partial charge < -0.3 is 4.74 Å². The maximum atomic E-state index is 5.93. The number of fused-ring (bicyclic) bond motifs is 1. The van der Waals surface area contributed by atoms with Gasteiger partial charge in [0.2, 0.25) is 0 Å². The van der Waals surface area contributed by atoms with Crippen molar-refractivity contribution in [1.82, 2.24) is 0 Å². The maximum Gasteiger partial charge on any atom is 0.120 e. The Kier molecular flexibility index (Phi) is 10.9. The fraction of sp³-hybridized carbons (Fsp3) is 0.400. The van der Waals surface area contributed by atoms with Gasteiger partial charge in [-0.15, -0.1) is 0 Å². The molecule has 0 atom stereocenters. The predicted molar refractivity (Wildman–Crippen MR) is 138 cm³/mol. The fourth-order valence-corrected chi connectivity index (χ4v) is 3.52. The lowest BCUT2D eigenvalue weighted by Gasteiger charge is -2.06. The Bertz CT molecular complexity index is 936. The van der Waals surface area contributed by atoms with Gasteiger partial charge in [-0.3, -0.25) is 0 Å². The average Bonchev–Trinajstić information content (AvgIpc) is 2.73. The third-order valence-corrected chi connectivity index (χ3v) is 5.56. The number of benzene rings is 2. The molecule has 0 aliphatic rings. The van der Waals surface area contributed by atoms with Crippen LogP contribution in [0.5, 0.6) is 5.75 Å². The van der Waals surface area contributed by atoms with Gasteiger partial charge in [0, 0.05) is 0 Å². The number of hydrogen-bond acceptors (Lipinski definition) is 1. The first-order valence-corrected chi connectivity index (χ1v) is 11.7. The van der Waals surface area contributed by atoms with Gasteiger partial charge in [-0.25, -0.2) is 0 Å². The van der Waals surface area contributed by atoms with E-state index < -0.39 is 0 Å². The van der Waals surface area contributed by atoms with E-state index in [-0.39, 0.29) is 0 Å². The largest absolute Gasteiger partial charge is 0.490 e. The van der Waals surface area contributed by atoms with E-state index in [2.05, 4.69) is 101 Å². The molecule has 0 aliphatic heterocycles. The van der Waals surface area contributed by atoms with Crippen molar-refractivity contribution < 1.29 is 4.74 Å². The highest BCUT2D eigenvalue weighted by Crippen LogP contribution is 2.20. The molecule has 31 heavy (non-hydrogen) atoms. The van der Waals surface area contributed by atoms with E-state index in [9.17, 15) is 0 Å². The molecule has 2 aromatic rings. The molecular weight excluding hydrogens is 376 g/mol. The number of ether oxygens (including phenoxy) is 1. The van der Waals surface area contributed by atoms with Gasteiger partial charge in [0.1, 0.15) is 12.4 Å². The van der Waals surface area contributed by atoms with Crippen molar-refractivity contribution in [3.8, 4) is 5.75 Å². The van der Waals surface area contributed by atoms with E-state index >= 15 is 0 Å². The standard InChI is InChI=1S/C30H40O/c1-24(2)11-8-12-25(3)13-9-14-26(4)15-10-16-27(5)21-22-31-30-20-19-28-17-6-7-18-29(28)23-30/h6-7,11,13,15,17-21,23H,8-10,12,14,16,22H2,1-5H3/b25-13+,26-15+,27-21+. The third-order valence-electron chi connectivity index (χ3n) is 5.56. The SMILES string of the molecule is CC(C)=CCC/C(C)=C/CC/C(C)=C/CC/C(C)=C/COc1ccc2ccccc2c1. The topological polar surface area (TPSA) is 9.23 Å². The molecule has 1 nitrogen and oxygen atoms in total. The Hall–Kier alpha value is -2.54. The van der Waals surface area contributed by atoms with Gasteiger partial charge in [-0.1, -0.05) is 70.9 Å². The Balaban J connectivity index is 1.67. The first-order chi connectivity index (χ1) is 14.9. The van der Waals surface area contributed by atoms with Crippen molar-refractivity contribution in [3.63, 3.8) is 0 Å². The highest BCUT2D eigenvalue weighted by Gasteiger charge is 1.97. The zero-order valence-electron chi connectivity index (χ0n) is 20.2. The van der Waals surface area contributed by atoms with Crippen molar-refractivity contribution in [2.45, 2.75) is 73.1 Å². The van der Waals surface area contributed by atoms with Crippen LogP contribution in [0.3, 0.4) is 0 Å². The first-order valence-electron chi connectivity index (χ1n) is 11.7. The zero-order chi connectivity index (χ0) is 22.5. The molecule has 0 N–H and O–H groups in total. The lowest BCUT2D eigenvalue weighted by molar-refractivity contribution is 0.362. The van der Waals surface area contributed by atoms with Crippen LogP contribution in [-0.4, -0.2) is 6.61 Å². The molecule has 0 saturated heterocycles. The van der Waals surface area contributed by atoms with Crippen LogP contribution in [0.1, 0.15) is 73.1 Å². The first kappa shape index (κ1) is 24.7. The second kappa shape index (κ2) is 13.7. The van der Waals surface area contributed by atoms with Crippen LogP contribution < -0.4 is 4.74 Å². The lowest BCUT2D eigenvalue weighted by atomic mass is 10.0. The van der Waals surface area contributed by atoms with E-state index in [1.54, 1.807) is 0 Å². The van der Waals surface area contributed by atoms with Crippen LogP contribution in [-0.2, 0) is 0 Å². The molecule has 0 aromatic heterocycles. The van der Waals surface area contributed by atoms with E-state index in [1.165, 1.54) is 39.5 Å². The third kappa shape index (κ3) is 10.4. The van der Waals surface area contributed by atoms with Gasteiger partial charge in [-0.05, 0) is 102 Å². The molecule has 1 heteroatoms. The Labute approximate surface area is 190 Å². The van der Waals surface area contributed by atoms with Gasteiger partial charge in [0.05, 0.1) is 0 Å². The summed E-state index contributed by atoms with van der Waals surface area (Å²) in [5, 5.41) is 2.47. The number of rotatable bonds is 12. The highest BCUT2D eigenvalue weighted by atomic mass is 16.5. The molecule has 0 radical (unpaired) electrons. The summed E-state index contributed by atoms with van der Waals surface area (Å²) in [5.74, 6) is 0.933. The van der Waals surface area contributed by atoms with Crippen molar-refractivity contribution in [1.29, 1.82) is 0 Å². The molecule has 2 rings (SSSR count). The number of allylic oxidation sites excluding steroid dienone is 7. The van der Waals surface area contributed by atoms with Crippen LogP contribution in [0.25, 0.3) is 10.8 Å². The Morgan fingerprint density at radius 2 is 1.19 bits per heavy atom. The second-order valence-electron chi connectivity index (χ2n) is 8.87. The Morgan fingerprint density at radius 3 is 1.81 bits per heavy atom. The summed E-state index contributed by atoms with van der Waals surface area (Å²) in [4.78, 5) is 0. The summed E-state index contributed by atoms with van der Waals surface area (Å²) >= 11 is 0. The highest BCUT2D eigenvalue weighted by molar-refractivity contribution is 5.83. The molecule has 0 heterocycles. The minimum absolute atomic E-state index is 0.629. The van der Waals surface area contributed by atoms with Gasteiger partial charge >= 0.3 is 0 Å². The quantitative estimate of drug-likeness (QED) is 0.313. The van der Waals surface area contributed by atoms with Gasteiger partial charge in [0.15, 0.2) is 0 Å². The summed E-state index contributed by atoms with van der Waals surface area (Å²) in [7, 11) is 0. The molecule has 0 amide bonds. The van der Waals surface area contributed by atoms with Gasteiger partial charge in [0.25, 0.3) is 0 Å². The summed E-state index contributed by atoms with van der Waals surface area (Å²) in [6.07, 6.45) is 16.2. The van der Waals surface area contributed by atoms with Crippen molar-refractivity contribution in [2.75, 3.05) is 6.61 Å². The maximum absolute atomic E-state index is 5.93. The molecule has 0 bridgehead atoms. The molecule has 0 fully saturated rings. The van der Waals surface area contributed by atoms with Crippen molar-refractivity contribution in [2.24, 2.45) is 0 Å². The van der Waals surface area contributed by atoms with Crippen molar-refractivity contribution in [3.05, 3.63) is 89.1 Å². The van der Waals surface area contributed by atoms with E-state index in [1.807, 2.05) is 0 Å². The minimum Gasteiger partial charge on any atom is -0.490 e. The van der Waals surface area contributed by atoms with Crippen LogP contribution >= 0.6 is 0 Å². The molecule has 0 unspecified atom stereocenters. The average molecular weight is 417 g/mol. The van der Waals surface area contributed by atoms with E-state index in [0.717, 1.165) is 37.9 Å². The molecule has 2 aromatic carbocycles. The summed E-state index contributed by atoms with van der Waals surface area (Å²) in [5.41, 5.74) is 5.81. The zero-order valence-corrected chi connectivity index (χ0v) is 20.2. The Morgan fingerprint density at radius 1 is 0.645 bits per heavy atom. The molecule has 0 aliphatic carbocycles. The van der Waals surface area contributed by atoms with Gasteiger partial charge in [-0.2, -0.15) is 0 Å². The summed E-state index contributed by atoms with van der Waals surface area (Å²) in [6, 6.07) is 14.7. The van der Waals surface area contributed by atoms with Crippen molar-refractivity contribution >= 4 is 10.8 Å². The minimum atomic E-state index is 0.629. The monoisotopic (exact) mass is 416 g/mol. The smallest absolute Gasteiger partial charge is 0.120 e. The van der Waals surface area contributed by atoms with E-state index in [0.29, 0.717) is 6.61 Å². The molecule has 166 valence electrons. The fourth-order valence-electron chi connectivity index (χ4n) is 3.52. The molecule has 0 spiro atoms. The predicted octanol–water partition coefficient (Wildman–Crippen LogP) is 9.36. The second-order valence-corrected chi connectivity index (χ2v) is 8.87. The summed E-state index contributed by atoms with van der Waals surface area (Å²) < 4.78 is 5.93. The molecular formula is C30H40O. The summed E-state index contributed by atoms with van der Waals surface area (Å²) in [6.45, 7) is 11.7. The normalized spacial score (nSPS) is 12.9. The van der Waals surface area contributed by atoms with Crippen LogP contribution in [0, 0.1) is 0 Å². The molecule has 0 saturated carbocycles. The van der Waals surface area contributed by atoms with Crippen LogP contribution in [0.2, 0.25) is 0 Å². The lowest BCUT2D eigenvalue weighted by Crippen LogP contribution is -1.94. The van der Waals surface area contributed by atoms with E-state index in [4.69, 9.17) is 4.74 Å². The van der Waals surface area contributed by atoms with Crippen LogP contribution in [0.4, 0.5) is 0 Å².